The first kappa shape index (κ1) is 15.8. The summed E-state index contributed by atoms with van der Waals surface area (Å²) in [5.74, 6) is 0.277. The van der Waals surface area contributed by atoms with Gasteiger partial charge >= 0.3 is 0 Å². The Labute approximate surface area is 140 Å². The number of para-hydroxylation sites is 1. The third-order valence-electron chi connectivity index (χ3n) is 2.55. The Morgan fingerprint density at radius 2 is 1.38 bits per heavy atom. The fourth-order valence-corrected chi connectivity index (χ4v) is 2.52. The number of rotatable bonds is 2. The van der Waals surface area contributed by atoms with Crippen molar-refractivity contribution in [2.45, 2.75) is 0 Å². The van der Waals surface area contributed by atoms with Gasteiger partial charge in [0.25, 0.3) is 0 Å². The lowest BCUT2D eigenvalue weighted by molar-refractivity contribution is 0.483. The smallest absolute Gasteiger partial charge is 0.167 e. The summed E-state index contributed by atoms with van der Waals surface area (Å²) in [7, 11) is 0. The maximum Gasteiger partial charge on any atom is 0.167 e. The average molecular weight is 358 g/mol. The summed E-state index contributed by atoms with van der Waals surface area (Å²) in [6.07, 6.45) is 0. The van der Waals surface area contributed by atoms with E-state index in [1.807, 2.05) is 6.07 Å². The van der Waals surface area contributed by atoms with Crippen molar-refractivity contribution in [3.8, 4) is 23.6 Å². The van der Waals surface area contributed by atoms with Gasteiger partial charge in [-0.15, -0.1) is 0 Å². The zero-order chi connectivity index (χ0) is 15.6. The molecule has 0 amide bonds. The van der Waals surface area contributed by atoms with Crippen LogP contribution >= 0.6 is 46.4 Å². The Morgan fingerprint density at radius 1 is 0.810 bits per heavy atom. The second kappa shape index (κ2) is 6.43. The molecule has 0 saturated heterocycles. The fourth-order valence-electron chi connectivity index (χ4n) is 1.58. The number of ether oxygens (including phenoxy) is 1. The van der Waals surface area contributed by atoms with Crippen molar-refractivity contribution in [3.05, 3.63) is 55.5 Å². The highest BCUT2D eigenvalue weighted by Crippen LogP contribution is 2.45. The van der Waals surface area contributed by atoms with Gasteiger partial charge in [0.05, 0.1) is 21.2 Å². The number of benzene rings is 2. The predicted octanol–water partition coefficient (Wildman–Crippen LogP) is 5.84. The van der Waals surface area contributed by atoms with Crippen LogP contribution in [0.2, 0.25) is 20.1 Å². The molecule has 0 bridgehead atoms. The summed E-state index contributed by atoms with van der Waals surface area (Å²) < 4.78 is 5.55. The molecule has 2 aromatic carbocycles. The maximum absolute atomic E-state index is 9.12. The molecular formula is C14H4Cl4N2O. The lowest BCUT2D eigenvalue weighted by Crippen LogP contribution is -1.95. The number of halogens is 4. The van der Waals surface area contributed by atoms with Crippen LogP contribution in [0.15, 0.2) is 24.3 Å². The molecule has 0 unspecified atom stereocenters. The molecule has 7 heteroatoms. The summed E-state index contributed by atoms with van der Waals surface area (Å²) in [5.41, 5.74) is -0.198. The minimum atomic E-state index is -0.101. The van der Waals surface area contributed by atoms with Gasteiger partial charge in [-0.25, -0.2) is 0 Å². The van der Waals surface area contributed by atoms with Crippen LogP contribution in [-0.2, 0) is 0 Å². The Bertz CT molecular complexity index is 806. The van der Waals surface area contributed by atoms with Gasteiger partial charge in [0.1, 0.15) is 27.9 Å². The van der Waals surface area contributed by atoms with Crippen molar-refractivity contribution in [1.82, 2.24) is 0 Å². The van der Waals surface area contributed by atoms with Gasteiger partial charge in [0, 0.05) is 0 Å². The summed E-state index contributed by atoms with van der Waals surface area (Å²) in [4.78, 5) is 0. The summed E-state index contributed by atoms with van der Waals surface area (Å²) in [5, 5.41) is 18.3. The van der Waals surface area contributed by atoms with Crippen LogP contribution in [0.3, 0.4) is 0 Å². The molecule has 0 saturated carbocycles. The molecule has 0 aliphatic heterocycles. The SMILES string of the molecule is N#Cc1c(Cl)c(Cl)c(Oc2ccccc2Cl)c(Cl)c1C#N. The number of nitriles is 2. The molecule has 2 rings (SSSR count). The van der Waals surface area contributed by atoms with Crippen molar-refractivity contribution in [2.75, 3.05) is 0 Å². The second-order valence-electron chi connectivity index (χ2n) is 3.78. The molecule has 0 heterocycles. The largest absolute Gasteiger partial charge is 0.453 e. The predicted molar refractivity (Wildman–Crippen MR) is 82.4 cm³/mol. The zero-order valence-electron chi connectivity index (χ0n) is 10.1. The van der Waals surface area contributed by atoms with Crippen molar-refractivity contribution in [2.24, 2.45) is 0 Å². The van der Waals surface area contributed by atoms with E-state index in [2.05, 4.69) is 0 Å². The van der Waals surface area contributed by atoms with Gasteiger partial charge in [0.15, 0.2) is 5.75 Å². The van der Waals surface area contributed by atoms with Crippen molar-refractivity contribution in [3.63, 3.8) is 0 Å². The molecule has 0 aromatic heterocycles. The van der Waals surface area contributed by atoms with Crippen LogP contribution in [-0.4, -0.2) is 0 Å². The van der Waals surface area contributed by atoms with E-state index in [1.165, 1.54) is 0 Å². The molecule has 0 aliphatic carbocycles. The van der Waals surface area contributed by atoms with Crippen LogP contribution in [0.25, 0.3) is 0 Å². The molecular weight excluding hydrogens is 354 g/mol. The molecule has 0 fully saturated rings. The van der Waals surface area contributed by atoms with Gasteiger partial charge in [-0.2, -0.15) is 10.5 Å². The molecule has 104 valence electrons. The van der Waals surface area contributed by atoms with E-state index >= 15 is 0 Å². The highest BCUT2D eigenvalue weighted by molar-refractivity contribution is 6.46. The summed E-state index contributed by atoms with van der Waals surface area (Å²) in [6, 6.07) is 10.3. The van der Waals surface area contributed by atoms with Gasteiger partial charge in [-0.3, -0.25) is 0 Å². The van der Waals surface area contributed by atoms with Gasteiger partial charge in [-0.05, 0) is 12.1 Å². The van der Waals surface area contributed by atoms with E-state index in [4.69, 9.17) is 61.7 Å². The Hall–Kier alpha value is -1.62. The lowest BCUT2D eigenvalue weighted by Gasteiger charge is -2.13. The van der Waals surface area contributed by atoms with Crippen molar-refractivity contribution < 1.29 is 4.74 Å². The van der Waals surface area contributed by atoms with Gasteiger partial charge in [0.2, 0.25) is 0 Å². The fraction of sp³-hybridized carbons (Fsp3) is 0. The Kier molecular flexibility index (Phi) is 4.83. The first-order valence-corrected chi connectivity index (χ1v) is 6.95. The Morgan fingerprint density at radius 3 is 1.95 bits per heavy atom. The van der Waals surface area contributed by atoms with Crippen molar-refractivity contribution >= 4 is 46.4 Å². The molecule has 3 nitrogen and oxygen atoms in total. The van der Waals surface area contributed by atoms with Crippen LogP contribution < -0.4 is 4.74 Å². The van der Waals surface area contributed by atoms with Gasteiger partial charge < -0.3 is 4.74 Å². The maximum atomic E-state index is 9.12. The normalized spacial score (nSPS) is 9.81. The second-order valence-corrected chi connectivity index (χ2v) is 5.32. The number of hydrogen-bond acceptors (Lipinski definition) is 3. The van der Waals surface area contributed by atoms with E-state index in [0.29, 0.717) is 10.8 Å². The Balaban J connectivity index is 2.67. The van der Waals surface area contributed by atoms with E-state index in [1.54, 1.807) is 30.3 Å². The molecule has 2 aromatic rings. The number of nitrogens with zero attached hydrogens (tertiary/aromatic N) is 2. The summed E-state index contributed by atoms with van der Waals surface area (Å²) in [6.45, 7) is 0. The molecule has 0 spiro atoms. The topological polar surface area (TPSA) is 56.8 Å². The molecule has 0 atom stereocenters. The molecule has 0 aliphatic rings. The highest BCUT2D eigenvalue weighted by Gasteiger charge is 2.23. The lowest BCUT2D eigenvalue weighted by atomic mass is 10.1. The standard InChI is InChI=1S/C14H4Cl4N2O/c15-9-3-1-2-4-10(9)21-14-12(17)8(6-20)7(5-19)11(16)13(14)18/h1-4H. The van der Waals surface area contributed by atoms with E-state index in [0.717, 1.165) is 0 Å². The van der Waals surface area contributed by atoms with Crippen LogP contribution in [0.4, 0.5) is 0 Å². The van der Waals surface area contributed by atoms with Gasteiger partial charge in [-0.1, -0.05) is 58.5 Å². The first-order chi connectivity index (χ1) is 10.0. The summed E-state index contributed by atoms with van der Waals surface area (Å²) >= 11 is 24.1. The molecule has 21 heavy (non-hydrogen) atoms. The van der Waals surface area contributed by atoms with E-state index in [9.17, 15) is 0 Å². The monoisotopic (exact) mass is 356 g/mol. The quantitative estimate of drug-likeness (QED) is 0.634. The van der Waals surface area contributed by atoms with Crippen molar-refractivity contribution in [1.29, 1.82) is 10.5 Å². The third-order valence-corrected chi connectivity index (χ3v) is 4.06. The highest BCUT2D eigenvalue weighted by atomic mass is 35.5. The van der Waals surface area contributed by atoms with Crippen LogP contribution in [0, 0.1) is 22.7 Å². The van der Waals surface area contributed by atoms with Crippen LogP contribution in [0.5, 0.6) is 11.5 Å². The first-order valence-electron chi connectivity index (χ1n) is 5.44. The van der Waals surface area contributed by atoms with Crippen LogP contribution in [0.1, 0.15) is 11.1 Å². The molecule has 0 radical (unpaired) electrons. The number of hydrogen-bond donors (Lipinski definition) is 0. The van der Waals surface area contributed by atoms with E-state index in [-0.39, 0.29) is 31.9 Å². The molecule has 0 N–H and O–H groups in total. The third kappa shape index (κ3) is 2.88. The average Bonchev–Trinajstić information content (AvgIpc) is 2.48. The van der Waals surface area contributed by atoms with E-state index < -0.39 is 0 Å². The zero-order valence-corrected chi connectivity index (χ0v) is 13.1. The minimum absolute atomic E-state index is 0.0213. The minimum Gasteiger partial charge on any atom is -0.453 e.